The Morgan fingerprint density at radius 1 is 1.21 bits per heavy atom. The summed E-state index contributed by atoms with van der Waals surface area (Å²) < 4.78 is 42.7. The number of oxazole rings is 1. The number of hydrogen-bond acceptors (Lipinski definition) is 3. The molecular formula is C12H8F3NO3. The van der Waals surface area contributed by atoms with Crippen LogP contribution in [0.1, 0.15) is 22.4 Å². The predicted molar refractivity (Wildman–Crippen MR) is 58.8 cm³/mol. The van der Waals surface area contributed by atoms with Crippen molar-refractivity contribution in [1.29, 1.82) is 0 Å². The summed E-state index contributed by atoms with van der Waals surface area (Å²) >= 11 is 0. The first kappa shape index (κ1) is 13.1. The number of carboxylic acid groups (broad SMARTS) is 1. The van der Waals surface area contributed by atoms with Crippen molar-refractivity contribution in [2.45, 2.75) is 12.6 Å². The van der Waals surface area contributed by atoms with E-state index >= 15 is 0 Å². The fraction of sp³-hybridized carbons (Fsp3) is 0.167. The smallest absolute Gasteiger partial charge is 0.358 e. The molecule has 1 unspecified atom stereocenters. The Morgan fingerprint density at radius 3 is 2.37 bits per heavy atom. The second kappa shape index (κ2) is 5.13. The Kier molecular flexibility index (Phi) is 3.55. The van der Waals surface area contributed by atoms with Crippen molar-refractivity contribution in [1.82, 2.24) is 4.98 Å². The van der Waals surface area contributed by atoms with Gasteiger partial charge in [-0.2, -0.15) is 0 Å². The number of benzene rings is 1. The maximum absolute atomic E-state index is 13.3. The largest absolute Gasteiger partial charge is 0.476 e. The molecule has 7 heteroatoms. The van der Waals surface area contributed by atoms with Gasteiger partial charge in [-0.15, -0.1) is 0 Å². The van der Waals surface area contributed by atoms with Gasteiger partial charge >= 0.3 is 5.97 Å². The average molecular weight is 271 g/mol. The summed E-state index contributed by atoms with van der Waals surface area (Å²) in [5.74, 6) is -2.80. The zero-order valence-electron chi connectivity index (χ0n) is 9.39. The Labute approximate surface area is 105 Å². The van der Waals surface area contributed by atoms with E-state index in [0.717, 1.165) is 0 Å². The van der Waals surface area contributed by atoms with Crippen molar-refractivity contribution in [2.24, 2.45) is 0 Å². The number of rotatable bonds is 4. The van der Waals surface area contributed by atoms with Gasteiger partial charge in [0.15, 0.2) is 11.5 Å². The van der Waals surface area contributed by atoms with Crippen molar-refractivity contribution in [3.63, 3.8) is 0 Å². The highest BCUT2D eigenvalue weighted by molar-refractivity contribution is 5.87. The third kappa shape index (κ3) is 2.59. The van der Waals surface area contributed by atoms with Crippen LogP contribution in [-0.2, 0) is 0 Å². The molecule has 0 amide bonds. The molecule has 1 N–H and O–H groups in total. The second-order valence-corrected chi connectivity index (χ2v) is 3.64. The molecule has 0 bridgehead atoms. The molecule has 1 aromatic carbocycles. The number of alkyl halides is 3. The number of aromatic carboxylic acids is 1. The van der Waals surface area contributed by atoms with E-state index in [-0.39, 0.29) is 5.89 Å². The minimum atomic E-state index is -3.38. The molecule has 0 aliphatic rings. The number of carboxylic acids is 1. The summed E-state index contributed by atoms with van der Waals surface area (Å²) in [6.45, 7) is 0. The van der Waals surface area contributed by atoms with E-state index in [2.05, 4.69) is 4.98 Å². The summed E-state index contributed by atoms with van der Waals surface area (Å²) in [6, 6.07) is 8.02. The molecule has 0 radical (unpaired) electrons. The van der Waals surface area contributed by atoms with Gasteiger partial charge in [-0.25, -0.2) is 22.9 Å². The third-order valence-electron chi connectivity index (χ3n) is 2.35. The molecule has 0 saturated heterocycles. The van der Waals surface area contributed by atoms with Crippen LogP contribution in [0.2, 0.25) is 0 Å². The molecule has 0 aliphatic carbocycles. The van der Waals surface area contributed by atoms with E-state index in [9.17, 15) is 18.0 Å². The maximum Gasteiger partial charge on any atom is 0.358 e. The van der Waals surface area contributed by atoms with Gasteiger partial charge in [-0.3, -0.25) is 0 Å². The van der Waals surface area contributed by atoms with E-state index in [1.807, 2.05) is 0 Å². The SMILES string of the molecule is O=C(O)c1nc(-c2ccccc2)oc1C(F)C(F)F. The molecule has 2 aromatic rings. The quantitative estimate of drug-likeness (QED) is 0.926. The van der Waals surface area contributed by atoms with Crippen LogP contribution in [0.15, 0.2) is 34.7 Å². The Hall–Kier alpha value is -2.31. The van der Waals surface area contributed by atoms with E-state index in [4.69, 9.17) is 9.52 Å². The summed E-state index contributed by atoms with van der Waals surface area (Å²) in [5.41, 5.74) is -0.468. The molecule has 1 heterocycles. The van der Waals surface area contributed by atoms with Crippen molar-refractivity contribution in [3.8, 4) is 11.5 Å². The van der Waals surface area contributed by atoms with Crippen LogP contribution in [0.4, 0.5) is 13.2 Å². The highest BCUT2D eigenvalue weighted by atomic mass is 19.3. The summed E-state index contributed by atoms with van der Waals surface area (Å²) in [6.07, 6.45) is -6.20. The van der Waals surface area contributed by atoms with Gasteiger partial charge in [0.25, 0.3) is 6.43 Å². The van der Waals surface area contributed by atoms with Gasteiger partial charge in [0.2, 0.25) is 12.1 Å². The first-order valence-electron chi connectivity index (χ1n) is 5.22. The molecule has 0 saturated carbocycles. The second-order valence-electron chi connectivity index (χ2n) is 3.64. The summed E-state index contributed by atoms with van der Waals surface area (Å²) in [4.78, 5) is 14.4. The van der Waals surface area contributed by atoms with Crippen LogP contribution < -0.4 is 0 Å². The lowest BCUT2D eigenvalue weighted by Crippen LogP contribution is -2.08. The number of nitrogens with zero attached hydrogens (tertiary/aromatic N) is 1. The van der Waals surface area contributed by atoms with Crippen LogP contribution >= 0.6 is 0 Å². The van der Waals surface area contributed by atoms with Gasteiger partial charge in [0.05, 0.1) is 0 Å². The Bertz CT molecular complexity index is 583. The normalized spacial score (nSPS) is 12.6. The number of halogens is 3. The molecule has 1 aromatic heterocycles. The molecule has 0 aliphatic heterocycles. The molecule has 0 fully saturated rings. The minimum absolute atomic E-state index is 0.212. The average Bonchev–Trinajstić information content (AvgIpc) is 2.83. The fourth-order valence-corrected chi connectivity index (χ4v) is 1.49. The van der Waals surface area contributed by atoms with Crippen LogP contribution in [0.5, 0.6) is 0 Å². The van der Waals surface area contributed by atoms with Crippen molar-refractivity contribution >= 4 is 5.97 Å². The zero-order valence-corrected chi connectivity index (χ0v) is 9.39. The summed E-state index contributed by atoms with van der Waals surface area (Å²) in [5, 5.41) is 8.82. The van der Waals surface area contributed by atoms with Gasteiger partial charge in [-0.05, 0) is 12.1 Å². The van der Waals surface area contributed by atoms with Crippen molar-refractivity contribution in [2.75, 3.05) is 0 Å². The van der Waals surface area contributed by atoms with Crippen LogP contribution in [-0.4, -0.2) is 22.5 Å². The first-order valence-corrected chi connectivity index (χ1v) is 5.22. The van der Waals surface area contributed by atoms with Gasteiger partial charge in [-0.1, -0.05) is 18.2 Å². The third-order valence-corrected chi connectivity index (χ3v) is 2.35. The van der Waals surface area contributed by atoms with Crippen molar-refractivity contribution < 1.29 is 27.5 Å². The Balaban J connectivity index is 2.50. The summed E-state index contributed by atoms with van der Waals surface area (Å²) in [7, 11) is 0. The number of aromatic nitrogens is 1. The molecule has 100 valence electrons. The highest BCUT2D eigenvalue weighted by Gasteiger charge is 2.33. The molecule has 2 rings (SSSR count). The highest BCUT2D eigenvalue weighted by Crippen LogP contribution is 2.31. The lowest BCUT2D eigenvalue weighted by Gasteiger charge is -2.03. The number of hydrogen-bond donors (Lipinski definition) is 1. The fourth-order valence-electron chi connectivity index (χ4n) is 1.49. The topological polar surface area (TPSA) is 63.3 Å². The first-order chi connectivity index (χ1) is 9.00. The van der Waals surface area contributed by atoms with E-state index in [1.54, 1.807) is 18.2 Å². The van der Waals surface area contributed by atoms with E-state index < -0.39 is 30.0 Å². The maximum atomic E-state index is 13.3. The Morgan fingerprint density at radius 2 is 1.84 bits per heavy atom. The number of carbonyl (C=O) groups is 1. The minimum Gasteiger partial charge on any atom is -0.476 e. The van der Waals surface area contributed by atoms with Gasteiger partial charge in [0.1, 0.15) is 0 Å². The van der Waals surface area contributed by atoms with E-state index in [0.29, 0.717) is 5.56 Å². The monoisotopic (exact) mass is 271 g/mol. The van der Waals surface area contributed by atoms with Gasteiger partial charge in [0, 0.05) is 5.56 Å². The lowest BCUT2D eigenvalue weighted by molar-refractivity contribution is 0.0363. The van der Waals surface area contributed by atoms with Gasteiger partial charge < -0.3 is 9.52 Å². The van der Waals surface area contributed by atoms with Crippen LogP contribution in [0.3, 0.4) is 0 Å². The van der Waals surface area contributed by atoms with Crippen LogP contribution in [0, 0.1) is 0 Å². The lowest BCUT2D eigenvalue weighted by atomic mass is 10.2. The molecular weight excluding hydrogens is 263 g/mol. The standard InChI is InChI=1S/C12H8F3NO3/c13-7(10(14)15)9-8(12(17)18)16-11(19-9)6-4-2-1-3-5-6/h1-5,7,10H,(H,17,18). The van der Waals surface area contributed by atoms with Crippen molar-refractivity contribution in [3.05, 3.63) is 41.8 Å². The zero-order chi connectivity index (χ0) is 14.0. The molecule has 0 spiro atoms. The molecule has 1 atom stereocenters. The molecule has 19 heavy (non-hydrogen) atoms. The predicted octanol–water partition coefficient (Wildman–Crippen LogP) is 3.32. The van der Waals surface area contributed by atoms with E-state index in [1.165, 1.54) is 12.1 Å². The van der Waals surface area contributed by atoms with Crippen LogP contribution in [0.25, 0.3) is 11.5 Å². The molecule has 4 nitrogen and oxygen atoms in total.